The Labute approximate surface area is 300 Å². The maximum absolute atomic E-state index is 10.4. The Morgan fingerprint density at radius 2 is 1.33 bits per heavy atom. The van der Waals surface area contributed by atoms with Crippen molar-refractivity contribution in [3.63, 3.8) is 0 Å². The number of oxazole rings is 1. The van der Waals surface area contributed by atoms with E-state index in [1.165, 1.54) is 44.7 Å². The number of aryl methyl sites for hydroxylation is 4. The summed E-state index contributed by atoms with van der Waals surface area (Å²) in [6.07, 6.45) is 9.96. The van der Waals surface area contributed by atoms with E-state index in [-0.39, 0.29) is 4.90 Å². The van der Waals surface area contributed by atoms with Gasteiger partial charge in [-0.25, -0.2) is 8.42 Å². The van der Waals surface area contributed by atoms with Crippen LogP contribution in [-0.2, 0) is 31.3 Å². The van der Waals surface area contributed by atoms with Gasteiger partial charge in [0.1, 0.15) is 17.2 Å². The van der Waals surface area contributed by atoms with Gasteiger partial charge in [0.25, 0.3) is 5.52 Å². The van der Waals surface area contributed by atoms with Gasteiger partial charge in [0.2, 0.25) is 5.58 Å². The molecule has 1 aliphatic rings. The number of benzene rings is 5. The van der Waals surface area contributed by atoms with Crippen LogP contribution in [-0.4, -0.2) is 29.2 Å². The number of aromatic nitrogens is 3. The number of para-hydroxylation sites is 2. The topological polar surface area (TPSA) is 96.6 Å². The Morgan fingerprint density at radius 1 is 0.712 bits per heavy atom. The molecule has 1 aliphatic heterocycles. The van der Waals surface area contributed by atoms with E-state index in [4.69, 9.17) is 9.15 Å². The first-order valence-electron chi connectivity index (χ1n) is 16.8. The molecule has 0 saturated carbocycles. The van der Waals surface area contributed by atoms with Crippen LogP contribution in [0.4, 0.5) is 5.69 Å². The number of nitrogens with zero attached hydrogens (tertiary/aromatic N) is 4. The predicted octanol–water partition coefficient (Wildman–Crippen LogP) is 8.39. The highest BCUT2D eigenvalue weighted by Crippen LogP contribution is 2.43. The van der Waals surface area contributed by atoms with E-state index < -0.39 is 10.1 Å². The highest BCUT2D eigenvalue weighted by molar-refractivity contribution is 7.85. The molecule has 5 aromatic carbocycles. The quantitative estimate of drug-likeness (QED) is 0.104. The maximum Gasteiger partial charge on any atom is 0.373 e. The lowest BCUT2D eigenvalue weighted by molar-refractivity contribution is -0.651. The van der Waals surface area contributed by atoms with Crippen LogP contribution in [0.3, 0.4) is 0 Å². The molecule has 0 aliphatic carbocycles. The SMILES string of the molecule is CN1/C(=C/C=C/C=C/c2oc3cc4c(cc3[n+]2C)c2ccccc2n4C)Oc2cc3c(cc21)c1ccccc1n3C.Cc1ccc(S(=O)(=O)[O-])cc1. The minimum Gasteiger partial charge on any atom is -0.744 e. The molecule has 3 aromatic heterocycles. The lowest BCUT2D eigenvalue weighted by Crippen LogP contribution is -2.29. The summed E-state index contributed by atoms with van der Waals surface area (Å²) in [4.78, 5) is 1.92. The van der Waals surface area contributed by atoms with Gasteiger partial charge in [-0.05, 0) is 43.3 Å². The molecule has 0 amide bonds. The van der Waals surface area contributed by atoms with Gasteiger partial charge in [-0.3, -0.25) is 0 Å². The van der Waals surface area contributed by atoms with Crippen molar-refractivity contribution in [1.29, 1.82) is 0 Å². The molecule has 260 valence electrons. The van der Waals surface area contributed by atoms with Crippen molar-refractivity contribution in [2.75, 3.05) is 11.9 Å². The zero-order chi connectivity index (χ0) is 36.3. The number of fused-ring (bicyclic) bond motifs is 8. The second kappa shape index (κ2) is 12.6. The van der Waals surface area contributed by atoms with E-state index in [1.54, 1.807) is 12.1 Å². The Bertz CT molecular complexity index is 2910. The molecule has 0 atom stereocenters. The van der Waals surface area contributed by atoms with Crippen molar-refractivity contribution in [1.82, 2.24) is 9.13 Å². The number of allylic oxidation sites excluding steroid dienone is 4. The molecule has 8 aromatic rings. The van der Waals surface area contributed by atoms with Crippen molar-refractivity contribution in [3.8, 4) is 5.75 Å². The first-order chi connectivity index (χ1) is 25.0. The largest absolute Gasteiger partial charge is 0.744 e. The molecule has 52 heavy (non-hydrogen) atoms. The van der Waals surface area contributed by atoms with Crippen LogP contribution in [0.25, 0.3) is 60.8 Å². The summed E-state index contributed by atoms with van der Waals surface area (Å²) in [7, 11) is 4.02. The third-order valence-corrected chi connectivity index (χ3v) is 10.7. The van der Waals surface area contributed by atoms with Gasteiger partial charge in [-0.1, -0.05) is 72.3 Å². The summed E-state index contributed by atoms with van der Waals surface area (Å²) >= 11 is 0. The van der Waals surface area contributed by atoms with Gasteiger partial charge in [0.05, 0.1) is 27.7 Å². The van der Waals surface area contributed by atoms with Crippen LogP contribution in [0.1, 0.15) is 11.5 Å². The van der Waals surface area contributed by atoms with Gasteiger partial charge in [-0.15, -0.1) is 0 Å². The monoisotopic (exact) mass is 708 g/mol. The molecule has 0 spiro atoms. The average Bonchev–Trinajstić information content (AvgIpc) is 3.81. The zero-order valence-electron chi connectivity index (χ0n) is 29.4. The molecule has 4 heterocycles. The van der Waals surface area contributed by atoms with E-state index in [1.807, 2.05) is 51.4 Å². The number of hydrogen-bond donors (Lipinski definition) is 0. The third kappa shape index (κ3) is 5.62. The smallest absolute Gasteiger partial charge is 0.373 e. The molecule has 0 unspecified atom stereocenters. The fourth-order valence-corrected chi connectivity index (χ4v) is 7.44. The lowest BCUT2D eigenvalue weighted by Gasteiger charge is -2.10. The number of anilines is 1. The van der Waals surface area contributed by atoms with Crippen LogP contribution in [0, 0.1) is 6.92 Å². The van der Waals surface area contributed by atoms with Crippen LogP contribution >= 0.6 is 0 Å². The highest BCUT2D eigenvalue weighted by Gasteiger charge is 2.25. The fourth-order valence-electron chi connectivity index (χ4n) is 6.97. The number of rotatable bonds is 4. The standard InChI is InChI=1S/C35H29N4O2.C7H8O3S/c1-36-26-14-10-8-12-22(26)24-18-30-32(20-28(24)36)40-34(38(30)3)16-6-5-7-17-35-39(4)31-19-25-23-13-9-11-15-27(23)37(2)29(25)21-33(31)41-35;1-6-2-4-7(5-3-6)11(8,9)10/h5-21H,1-4H3;2-5H,1H3,(H,8,9,10)/q+1;/p-1. The molecule has 0 fully saturated rings. The van der Waals surface area contributed by atoms with Crippen LogP contribution < -0.4 is 14.2 Å². The van der Waals surface area contributed by atoms with Gasteiger partial charge in [0.15, 0.2) is 11.6 Å². The first-order valence-corrected chi connectivity index (χ1v) is 18.2. The van der Waals surface area contributed by atoms with Crippen LogP contribution in [0.5, 0.6) is 5.75 Å². The molecule has 9 rings (SSSR count). The summed E-state index contributed by atoms with van der Waals surface area (Å²) in [6, 6.07) is 31.5. The predicted molar refractivity (Wildman–Crippen MR) is 206 cm³/mol. The van der Waals surface area contributed by atoms with E-state index in [9.17, 15) is 13.0 Å². The van der Waals surface area contributed by atoms with E-state index in [0.717, 1.165) is 50.9 Å². The second-order valence-corrected chi connectivity index (χ2v) is 14.4. The van der Waals surface area contributed by atoms with Crippen LogP contribution in [0.2, 0.25) is 0 Å². The van der Waals surface area contributed by atoms with E-state index >= 15 is 0 Å². The molecular weight excluding hydrogens is 673 g/mol. The Hall–Kier alpha value is -6.10. The van der Waals surface area contributed by atoms with Gasteiger partial charge in [-0.2, -0.15) is 4.57 Å². The molecule has 0 saturated heterocycles. The van der Waals surface area contributed by atoms with Crippen molar-refractivity contribution in [3.05, 3.63) is 139 Å². The first kappa shape index (κ1) is 33.1. The van der Waals surface area contributed by atoms with Crippen molar-refractivity contribution >= 4 is 76.6 Å². The van der Waals surface area contributed by atoms with Gasteiger partial charge in [0, 0.05) is 71.9 Å². The molecule has 0 N–H and O–H groups in total. The number of hydrogen-bond acceptors (Lipinski definition) is 6. The number of ether oxygens (including phenoxy) is 1. The normalized spacial score (nSPS) is 14.1. The van der Waals surface area contributed by atoms with E-state index in [2.05, 4.69) is 105 Å². The third-order valence-electron chi connectivity index (χ3n) is 9.81. The summed E-state index contributed by atoms with van der Waals surface area (Å²) in [6.45, 7) is 1.82. The van der Waals surface area contributed by atoms with Gasteiger partial charge >= 0.3 is 5.89 Å². The fraction of sp³-hybridized carbons (Fsp3) is 0.119. The summed E-state index contributed by atoms with van der Waals surface area (Å²) in [5.41, 5.74) is 8.71. The van der Waals surface area contributed by atoms with Crippen LogP contribution in [0.15, 0.2) is 137 Å². The molecule has 0 radical (unpaired) electrons. The summed E-state index contributed by atoms with van der Waals surface area (Å²) < 4.78 is 50.2. The molecule has 0 bridgehead atoms. The molecular formula is C42H36N4O5S. The summed E-state index contributed by atoms with van der Waals surface area (Å²) in [5, 5.41) is 4.97. The summed E-state index contributed by atoms with van der Waals surface area (Å²) in [5.74, 6) is 2.45. The maximum atomic E-state index is 10.4. The molecule has 9 nitrogen and oxygen atoms in total. The highest BCUT2D eigenvalue weighted by atomic mass is 32.2. The Kier molecular flexibility index (Phi) is 8.01. The molecule has 10 heteroatoms. The minimum atomic E-state index is -4.27. The van der Waals surface area contributed by atoms with E-state index in [0.29, 0.717) is 0 Å². The Balaban J connectivity index is 0.000000304. The van der Waals surface area contributed by atoms with Crippen molar-refractivity contribution in [2.45, 2.75) is 11.8 Å². The van der Waals surface area contributed by atoms with Crippen molar-refractivity contribution in [2.24, 2.45) is 21.1 Å². The lowest BCUT2D eigenvalue weighted by atomic mass is 10.1. The second-order valence-electron chi connectivity index (χ2n) is 13.0. The minimum absolute atomic E-state index is 0.178. The van der Waals surface area contributed by atoms with Gasteiger partial charge < -0.3 is 27.7 Å². The van der Waals surface area contributed by atoms with Crippen molar-refractivity contribution < 1.29 is 26.7 Å². The zero-order valence-corrected chi connectivity index (χ0v) is 30.2. The Morgan fingerprint density at radius 3 is 1.98 bits per heavy atom. The average molecular weight is 709 g/mol.